The van der Waals surface area contributed by atoms with E-state index < -0.39 is 5.60 Å². The fourth-order valence-electron chi connectivity index (χ4n) is 3.93. The van der Waals surface area contributed by atoms with Gasteiger partial charge in [-0.25, -0.2) is 14.5 Å². The molecule has 30 heavy (non-hydrogen) atoms. The summed E-state index contributed by atoms with van der Waals surface area (Å²) in [5.41, 5.74) is 1.30. The van der Waals surface area contributed by atoms with Crippen LogP contribution in [-0.2, 0) is 16.1 Å². The molecular formula is C22H31N5O3. The summed E-state index contributed by atoms with van der Waals surface area (Å²) in [5, 5.41) is 7.18. The van der Waals surface area contributed by atoms with E-state index >= 15 is 0 Å². The molecule has 0 saturated carbocycles. The van der Waals surface area contributed by atoms with Crippen LogP contribution in [0.4, 0.5) is 4.79 Å². The number of amides is 2. The summed E-state index contributed by atoms with van der Waals surface area (Å²) in [6, 6.07) is 7.61. The van der Waals surface area contributed by atoms with Gasteiger partial charge in [0.15, 0.2) is 0 Å². The van der Waals surface area contributed by atoms with E-state index in [0.29, 0.717) is 19.5 Å². The van der Waals surface area contributed by atoms with Crippen LogP contribution >= 0.6 is 0 Å². The van der Waals surface area contributed by atoms with E-state index in [-0.39, 0.29) is 29.9 Å². The molecule has 2 amide bonds. The van der Waals surface area contributed by atoms with Crippen molar-refractivity contribution in [2.24, 2.45) is 11.8 Å². The van der Waals surface area contributed by atoms with E-state index in [1.54, 1.807) is 15.9 Å². The van der Waals surface area contributed by atoms with Crippen LogP contribution in [0, 0.1) is 11.8 Å². The Morgan fingerprint density at radius 2 is 2.07 bits per heavy atom. The predicted molar refractivity (Wildman–Crippen MR) is 113 cm³/mol. The van der Waals surface area contributed by atoms with Gasteiger partial charge in [0.2, 0.25) is 5.91 Å². The molecule has 8 nitrogen and oxygen atoms in total. The van der Waals surface area contributed by atoms with Crippen LogP contribution in [-0.4, -0.2) is 49.9 Å². The average Bonchev–Trinajstić information content (AvgIpc) is 3.34. The highest BCUT2D eigenvalue weighted by Crippen LogP contribution is 2.31. The summed E-state index contributed by atoms with van der Waals surface area (Å²) in [5.74, 6) is -0.145. The third-order valence-corrected chi connectivity index (χ3v) is 5.16. The van der Waals surface area contributed by atoms with Gasteiger partial charge in [-0.05, 0) is 50.8 Å². The lowest BCUT2D eigenvalue weighted by Crippen LogP contribution is -2.47. The number of nitrogens with one attached hydrogen (secondary N) is 1. The van der Waals surface area contributed by atoms with Crippen LogP contribution in [0.2, 0.25) is 0 Å². The Hall–Kier alpha value is -2.90. The Bertz CT molecular complexity index is 873. The monoisotopic (exact) mass is 413 g/mol. The molecule has 3 rings (SSSR count). The number of rotatable bonds is 5. The molecule has 8 heteroatoms. The number of aromatic nitrogens is 3. The Morgan fingerprint density at radius 3 is 2.70 bits per heavy atom. The van der Waals surface area contributed by atoms with Crippen LogP contribution in [0.15, 0.2) is 36.9 Å². The number of hydrogen-bond acceptors (Lipinski definition) is 5. The van der Waals surface area contributed by atoms with Crippen molar-refractivity contribution in [2.75, 3.05) is 6.54 Å². The van der Waals surface area contributed by atoms with Crippen molar-refractivity contribution >= 4 is 12.0 Å². The number of benzene rings is 1. The molecular weight excluding hydrogens is 382 g/mol. The molecule has 0 radical (unpaired) electrons. The summed E-state index contributed by atoms with van der Waals surface area (Å²) in [6.07, 6.45) is 3.40. The lowest BCUT2D eigenvalue weighted by atomic mass is 9.90. The van der Waals surface area contributed by atoms with Crippen LogP contribution < -0.4 is 5.32 Å². The molecule has 1 aliphatic rings. The standard InChI is InChI=1S/C22H31N5O3/c1-15(2)19-18(9-10-26(19)21(29)30-22(3,4)5)20(28)24-12-16-7-6-8-17(11-16)27-14-23-13-25-27/h6-8,11,13-15,18-19H,9-10,12H2,1-5H3,(H,24,28)/t18-,19+/m1/s1. The van der Waals surface area contributed by atoms with Gasteiger partial charge in [0.25, 0.3) is 0 Å². The fourth-order valence-corrected chi connectivity index (χ4v) is 3.93. The van der Waals surface area contributed by atoms with Crippen molar-refractivity contribution in [2.45, 2.75) is 59.2 Å². The van der Waals surface area contributed by atoms with Crippen molar-refractivity contribution in [1.82, 2.24) is 25.0 Å². The highest BCUT2D eigenvalue weighted by molar-refractivity contribution is 5.81. The van der Waals surface area contributed by atoms with E-state index in [1.165, 1.54) is 6.33 Å². The second-order valence-corrected chi connectivity index (χ2v) is 9.03. The van der Waals surface area contributed by atoms with Crippen molar-refractivity contribution in [1.29, 1.82) is 0 Å². The molecule has 2 heterocycles. The highest BCUT2D eigenvalue weighted by Gasteiger charge is 2.43. The van der Waals surface area contributed by atoms with Crippen LogP contribution in [0.3, 0.4) is 0 Å². The maximum atomic E-state index is 13.0. The number of ether oxygens (including phenoxy) is 1. The van der Waals surface area contributed by atoms with E-state index in [2.05, 4.69) is 15.4 Å². The second-order valence-electron chi connectivity index (χ2n) is 9.03. The van der Waals surface area contributed by atoms with E-state index in [0.717, 1.165) is 11.3 Å². The zero-order chi connectivity index (χ0) is 21.9. The molecule has 1 saturated heterocycles. The van der Waals surface area contributed by atoms with Crippen LogP contribution in [0.1, 0.15) is 46.6 Å². The van der Waals surface area contributed by atoms with Gasteiger partial charge < -0.3 is 15.0 Å². The molecule has 2 aromatic rings. The van der Waals surface area contributed by atoms with Gasteiger partial charge in [-0.3, -0.25) is 4.79 Å². The SMILES string of the molecule is CC(C)[C@H]1[C@H](C(=O)NCc2cccc(-n3cncn3)c2)CCN1C(=O)OC(C)(C)C. The van der Waals surface area contributed by atoms with Crippen molar-refractivity contribution in [3.05, 3.63) is 42.5 Å². The minimum absolute atomic E-state index is 0.0362. The molecule has 0 unspecified atom stereocenters. The first kappa shape index (κ1) is 21.8. The normalized spacial score (nSPS) is 19.2. The lowest BCUT2D eigenvalue weighted by Gasteiger charge is -2.32. The summed E-state index contributed by atoms with van der Waals surface area (Å²) in [6.45, 7) is 10.6. The molecule has 1 N–H and O–H groups in total. The van der Waals surface area contributed by atoms with Crippen LogP contribution in [0.25, 0.3) is 5.69 Å². The summed E-state index contributed by atoms with van der Waals surface area (Å²) in [4.78, 5) is 31.3. The van der Waals surface area contributed by atoms with Crippen molar-refractivity contribution in [3.63, 3.8) is 0 Å². The molecule has 0 bridgehead atoms. The Balaban J connectivity index is 1.65. The van der Waals surface area contributed by atoms with E-state index in [9.17, 15) is 9.59 Å². The van der Waals surface area contributed by atoms with E-state index in [1.807, 2.05) is 58.9 Å². The molecule has 2 atom stereocenters. The number of hydrogen-bond donors (Lipinski definition) is 1. The minimum Gasteiger partial charge on any atom is -0.444 e. The number of carbonyl (C=O) groups excluding carboxylic acids is 2. The van der Waals surface area contributed by atoms with Gasteiger partial charge in [0, 0.05) is 19.1 Å². The Morgan fingerprint density at radius 1 is 1.30 bits per heavy atom. The number of likely N-dealkylation sites (tertiary alicyclic amines) is 1. The minimum atomic E-state index is -0.561. The quantitative estimate of drug-likeness (QED) is 0.813. The number of carbonyl (C=O) groups is 2. The fraction of sp³-hybridized carbons (Fsp3) is 0.545. The zero-order valence-electron chi connectivity index (χ0n) is 18.3. The molecule has 1 fully saturated rings. The Labute approximate surface area is 177 Å². The zero-order valence-corrected chi connectivity index (χ0v) is 18.3. The van der Waals surface area contributed by atoms with Crippen LogP contribution in [0.5, 0.6) is 0 Å². The smallest absolute Gasteiger partial charge is 0.410 e. The summed E-state index contributed by atoms with van der Waals surface area (Å²) in [7, 11) is 0. The molecule has 0 aliphatic carbocycles. The van der Waals surface area contributed by atoms with Gasteiger partial charge >= 0.3 is 6.09 Å². The summed E-state index contributed by atoms with van der Waals surface area (Å²) < 4.78 is 7.23. The first-order valence-corrected chi connectivity index (χ1v) is 10.4. The molecule has 1 aliphatic heterocycles. The van der Waals surface area contributed by atoms with Crippen molar-refractivity contribution < 1.29 is 14.3 Å². The van der Waals surface area contributed by atoms with Gasteiger partial charge in [0.05, 0.1) is 11.6 Å². The second kappa shape index (κ2) is 8.85. The topological polar surface area (TPSA) is 89.4 Å². The first-order chi connectivity index (χ1) is 14.2. The third kappa shape index (κ3) is 5.17. The molecule has 162 valence electrons. The van der Waals surface area contributed by atoms with Gasteiger partial charge in [0.1, 0.15) is 18.3 Å². The molecule has 0 spiro atoms. The maximum absolute atomic E-state index is 13.0. The van der Waals surface area contributed by atoms with Crippen molar-refractivity contribution in [3.8, 4) is 5.69 Å². The lowest BCUT2D eigenvalue weighted by molar-refractivity contribution is -0.126. The average molecular weight is 414 g/mol. The Kier molecular flexibility index (Phi) is 6.43. The molecule has 1 aromatic carbocycles. The predicted octanol–water partition coefficient (Wildman–Crippen LogP) is 3.17. The van der Waals surface area contributed by atoms with Gasteiger partial charge in [-0.1, -0.05) is 26.0 Å². The number of nitrogens with zero attached hydrogens (tertiary/aromatic N) is 4. The highest BCUT2D eigenvalue weighted by atomic mass is 16.6. The first-order valence-electron chi connectivity index (χ1n) is 10.4. The summed E-state index contributed by atoms with van der Waals surface area (Å²) >= 11 is 0. The third-order valence-electron chi connectivity index (χ3n) is 5.16. The van der Waals surface area contributed by atoms with Gasteiger partial charge in [-0.15, -0.1) is 0 Å². The largest absolute Gasteiger partial charge is 0.444 e. The van der Waals surface area contributed by atoms with Gasteiger partial charge in [-0.2, -0.15) is 5.10 Å². The molecule has 1 aromatic heterocycles. The maximum Gasteiger partial charge on any atom is 0.410 e. The van der Waals surface area contributed by atoms with E-state index in [4.69, 9.17) is 4.74 Å².